The molecule has 21 heavy (non-hydrogen) atoms. The normalized spacial score (nSPS) is 18.1. The van der Waals surface area contributed by atoms with Crippen LogP contribution in [0.25, 0.3) is 0 Å². The van der Waals surface area contributed by atoms with Gasteiger partial charge >= 0.3 is 6.18 Å². The van der Waals surface area contributed by atoms with Crippen LogP contribution >= 0.6 is 28.3 Å². The van der Waals surface area contributed by atoms with Crippen LogP contribution < -0.4 is 5.32 Å². The highest BCUT2D eigenvalue weighted by molar-refractivity contribution is 9.10. The van der Waals surface area contributed by atoms with Crippen LogP contribution in [-0.4, -0.2) is 37.3 Å². The molecule has 1 aromatic rings. The van der Waals surface area contributed by atoms with Crippen LogP contribution in [0.3, 0.4) is 0 Å². The van der Waals surface area contributed by atoms with E-state index >= 15 is 0 Å². The molecular formula is C13H16BrClF4N2. The zero-order valence-corrected chi connectivity index (χ0v) is 13.5. The molecule has 1 atom stereocenters. The fourth-order valence-electron chi connectivity index (χ4n) is 2.42. The Kier molecular flexibility index (Phi) is 6.90. The van der Waals surface area contributed by atoms with Gasteiger partial charge in [0, 0.05) is 42.3 Å². The zero-order valence-electron chi connectivity index (χ0n) is 11.1. The lowest BCUT2D eigenvalue weighted by atomic mass is 10.0. The molecule has 1 aromatic carbocycles. The molecule has 1 heterocycles. The molecule has 0 spiro atoms. The molecule has 0 radical (unpaired) electrons. The van der Waals surface area contributed by atoms with E-state index in [2.05, 4.69) is 21.2 Å². The number of nitrogens with zero attached hydrogens (tertiary/aromatic N) is 1. The van der Waals surface area contributed by atoms with E-state index in [-0.39, 0.29) is 18.0 Å². The van der Waals surface area contributed by atoms with E-state index in [1.165, 1.54) is 12.1 Å². The van der Waals surface area contributed by atoms with Crippen LogP contribution in [-0.2, 0) is 0 Å². The van der Waals surface area contributed by atoms with Gasteiger partial charge in [0.05, 0.1) is 6.42 Å². The monoisotopic (exact) mass is 390 g/mol. The van der Waals surface area contributed by atoms with Gasteiger partial charge in [-0.3, -0.25) is 4.90 Å². The Morgan fingerprint density at radius 2 is 1.86 bits per heavy atom. The summed E-state index contributed by atoms with van der Waals surface area (Å²) >= 11 is 3.12. The first-order chi connectivity index (χ1) is 9.37. The number of hydrogen-bond donors (Lipinski definition) is 1. The summed E-state index contributed by atoms with van der Waals surface area (Å²) in [5, 5.41) is 3.08. The van der Waals surface area contributed by atoms with Gasteiger partial charge in [0.2, 0.25) is 0 Å². The van der Waals surface area contributed by atoms with E-state index in [1.807, 2.05) is 0 Å². The number of piperazine rings is 1. The van der Waals surface area contributed by atoms with Gasteiger partial charge in [0.15, 0.2) is 0 Å². The Hall–Kier alpha value is -0.370. The summed E-state index contributed by atoms with van der Waals surface area (Å²) in [5.41, 5.74) is 0.104. The molecule has 0 amide bonds. The van der Waals surface area contributed by atoms with Gasteiger partial charge in [-0.25, -0.2) is 4.39 Å². The molecule has 1 aliphatic heterocycles. The predicted octanol–water partition coefficient (Wildman–Crippen LogP) is 3.91. The maximum Gasteiger partial charge on any atom is 0.390 e. The molecule has 1 N–H and O–H groups in total. The van der Waals surface area contributed by atoms with E-state index in [4.69, 9.17) is 0 Å². The van der Waals surface area contributed by atoms with Gasteiger partial charge in [-0.05, 0) is 12.1 Å². The van der Waals surface area contributed by atoms with Gasteiger partial charge in [-0.1, -0.05) is 22.0 Å². The summed E-state index contributed by atoms with van der Waals surface area (Å²) in [7, 11) is 0. The average Bonchev–Trinajstić information content (AvgIpc) is 2.36. The Morgan fingerprint density at radius 3 is 2.38 bits per heavy atom. The van der Waals surface area contributed by atoms with E-state index in [0.717, 1.165) is 0 Å². The summed E-state index contributed by atoms with van der Waals surface area (Å²) in [5.74, 6) is -0.604. The summed E-state index contributed by atoms with van der Waals surface area (Å²) < 4.78 is 52.9. The largest absolute Gasteiger partial charge is 0.390 e. The average molecular weight is 392 g/mol. The quantitative estimate of drug-likeness (QED) is 0.786. The van der Waals surface area contributed by atoms with Crippen molar-refractivity contribution < 1.29 is 17.6 Å². The lowest BCUT2D eigenvalue weighted by Gasteiger charge is -2.35. The van der Waals surface area contributed by atoms with Crippen molar-refractivity contribution >= 4 is 28.3 Å². The number of benzene rings is 1. The summed E-state index contributed by atoms with van der Waals surface area (Å²) in [6, 6.07) is 3.24. The molecule has 1 saturated heterocycles. The number of hydrogen-bond acceptors (Lipinski definition) is 2. The molecule has 2 nitrogen and oxygen atoms in total. The van der Waals surface area contributed by atoms with Gasteiger partial charge in [0.1, 0.15) is 5.82 Å². The van der Waals surface area contributed by atoms with Crippen LogP contribution in [0.5, 0.6) is 0 Å². The molecule has 1 aliphatic rings. The fourth-order valence-corrected chi connectivity index (χ4v) is 2.75. The van der Waals surface area contributed by atoms with Gasteiger partial charge in [0.25, 0.3) is 0 Å². The molecule has 0 saturated carbocycles. The van der Waals surface area contributed by atoms with Crippen molar-refractivity contribution in [1.82, 2.24) is 10.2 Å². The minimum absolute atomic E-state index is 0. The topological polar surface area (TPSA) is 15.3 Å². The lowest BCUT2D eigenvalue weighted by Crippen LogP contribution is -2.46. The highest BCUT2D eigenvalue weighted by Gasteiger charge is 2.37. The highest BCUT2D eigenvalue weighted by atomic mass is 79.9. The number of rotatable bonds is 3. The maximum absolute atomic E-state index is 14.0. The van der Waals surface area contributed by atoms with E-state index in [1.54, 1.807) is 11.0 Å². The third kappa shape index (κ3) is 5.39. The minimum atomic E-state index is -4.32. The minimum Gasteiger partial charge on any atom is -0.314 e. The molecule has 0 unspecified atom stereocenters. The predicted molar refractivity (Wildman–Crippen MR) is 79.2 cm³/mol. The molecule has 0 aliphatic carbocycles. The van der Waals surface area contributed by atoms with E-state index < -0.39 is 24.5 Å². The maximum atomic E-state index is 14.0. The van der Waals surface area contributed by atoms with Crippen molar-refractivity contribution in [2.45, 2.75) is 18.6 Å². The van der Waals surface area contributed by atoms with Gasteiger partial charge in [-0.15, -0.1) is 12.4 Å². The van der Waals surface area contributed by atoms with Crippen molar-refractivity contribution in [3.63, 3.8) is 0 Å². The first kappa shape index (κ1) is 18.7. The van der Waals surface area contributed by atoms with Crippen LogP contribution in [0.4, 0.5) is 17.6 Å². The van der Waals surface area contributed by atoms with Crippen molar-refractivity contribution in [3.05, 3.63) is 34.1 Å². The molecule has 0 bridgehead atoms. The molecule has 1 fully saturated rings. The first-order valence-corrected chi connectivity index (χ1v) is 7.12. The van der Waals surface area contributed by atoms with Crippen molar-refractivity contribution in [3.8, 4) is 0 Å². The number of alkyl halides is 3. The van der Waals surface area contributed by atoms with Crippen molar-refractivity contribution in [2.24, 2.45) is 0 Å². The first-order valence-electron chi connectivity index (χ1n) is 6.33. The molecule has 0 aromatic heterocycles. The van der Waals surface area contributed by atoms with Crippen LogP contribution in [0.1, 0.15) is 18.0 Å². The third-order valence-corrected chi connectivity index (χ3v) is 3.83. The highest BCUT2D eigenvalue weighted by Crippen LogP contribution is 2.35. The number of halogens is 6. The molecular weight excluding hydrogens is 376 g/mol. The Morgan fingerprint density at radius 1 is 1.24 bits per heavy atom. The van der Waals surface area contributed by atoms with Crippen LogP contribution in [0, 0.1) is 5.82 Å². The van der Waals surface area contributed by atoms with Crippen molar-refractivity contribution in [2.75, 3.05) is 26.2 Å². The van der Waals surface area contributed by atoms with E-state index in [0.29, 0.717) is 30.7 Å². The Bertz CT molecular complexity index is 464. The molecule has 120 valence electrons. The molecule has 8 heteroatoms. The third-order valence-electron chi connectivity index (χ3n) is 3.34. The smallest absolute Gasteiger partial charge is 0.314 e. The van der Waals surface area contributed by atoms with Crippen molar-refractivity contribution in [1.29, 1.82) is 0 Å². The van der Waals surface area contributed by atoms with Crippen LogP contribution in [0.2, 0.25) is 0 Å². The summed E-state index contributed by atoms with van der Waals surface area (Å²) in [6.07, 6.45) is -5.36. The Labute approximate surface area is 135 Å². The fraction of sp³-hybridized carbons (Fsp3) is 0.538. The standard InChI is InChI=1S/C13H15BrF4N2.ClH/c14-9-1-2-10(11(15)7-9)12(8-13(16,17)18)20-5-3-19-4-6-20;/h1-2,7,12,19H,3-6,8H2;1H/t12-;/m0./s1. The number of nitrogens with one attached hydrogen (secondary N) is 1. The molecule has 2 rings (SSSR count). The second-order valence-corrected chi connectivity index (χ2v) is 5.70. The van der Waals surface area contributed by atoms with Gasteiger partial charge in [-0.2, -0.15) is 13.2 Å². The SMILES string of the molecule is Cl.Fc1cc(Br)ccc1[C@H](CC(F)(F)F)N1CCNCC1. The second-order valence-electron chi connectivity index (χ2n) is 4.79. The lowest BCUT2D eigenvalue weighted by molar-refractivity contribution is -0.149. The second kappa shape index (κ2) is 7.76. The summed E-state index contributed by atoms with van der Waals surface area (Å²) in [4.78, 5) is 1.69. The van der Waals surface area contributed by atoms with E-state index in [9.17, 15) is 17.6 Å². The van der Waals surface area contributed by atoms with Gasteiger partial charge < -0.3 is 5.32 Å². The zero-order chi connectivity index (χ0) is 14.8. The van der Waals surface area contributed by atoms with Crippen LogP contribution in [0.15, 0.2) is 22.7 Å². The Balaban J connectivity index is 0.00000220. The summed E-state index contributed by atoms with van der Waals surface area (Å²) in [6.45, 7) is 2.20.